The topological polar surface area (TPSA) is 58.1 Å². The third-order valence-electron chi connectivity index (χ3n) is 4.33. The lowest BCUT2D eigenvalue weighted by molar-refractivity contribution is 0.0931. The molecule has 0 aliphatic carbocycles. The van der Waals surface area contributed by atoms with E-state index in [9.17, 15) is 4.79 Å². The minimum atomic E-state index is -0.0413. The number of carbonyl (C=O) groups excluding carboxylic acids is 1. The highest BCUT2D eigenvalue weighted by Gasteiger charge is 2.22. The lowest BCUT2D eigenvalue weighted by atomic mass is 10.0. The fraction of sp³-hybridized carbons (Fsp3) is 0.389. The van der Waals surface area contributed by atoms with E-state index in [0.717, 1.165) is 43.9 Å². The van der Waals surface area contributed by atoms with Crippen molar-refractivity contribution in [1.29, 1.82) is 0 Å². The molecule has 1 aromatic heterocycles. The van der Waals surface area contributed by atoms with Crippen LogP contribution in [0, 0.1) is 0 Å². The van der Waals surface area contributed by atoms with Crippen LogP contribution in [0.5, 0.6) is 0 Å². The molecule has 1 amide bonds. The molecule has 24 heavy (non-hydrogen) atoms. The zero-order valence-corrected chi connectivity index (χ0v) is 14.5. The van der Waals surface area contributed by atoms with Crippen molar-refractivity contribution < 1.29 is 4.79 Å². The number of nitrogens with zero attached hydrogens (tertiary/aromatic N) is 3. The van der Waals surface area contributed by atoms with Gasteiger partial charge in [-0.25, -0.2) is 9.97 Å². The van der Waals surface area contributed by atoms with Crippen LogP contribution in [0.15, 0.2) is 36.7 Å². The van der Waals surface area contributed by atoms with Gasteiger partial charge in [0, 0.05) is 41.5 Å². The van der Waals surface area contributed by atoms with E-state index in [1.165, 1.54) is 0 Å². The molecule has 3 rings (SSSR count). The van der Waals surface area contributed by atoms with Gasteiger partial charge in [-0.3, -0.25) is 4.79 Å². The quantitative estimate of drug-likeness (QED) is 0.926. The Bertz CT molecular complexity index is 696. The van der Waals surface area contributed by atoms with Crippen molar-refractivity contribution in [2.45, 2.75) is 32.2 Å². The Morgan fingerprint density at radius 1 is 1.25 bits per heavy atom. The molecule has 1 aliphatic rings. The Morgan fingerprint density at radius 3 is 2.62 bits per heavy atom. The van der Waals surface area contributed by atoms with Crippen LogP contribution in [0.4, 0.5) is 5.82 Å². The van der Waals surface area contributed by atoms with E-state index in [1.807, 2.05) is 6.07 Å². The molecule has 1 aromatic carbocycles. The van der Waals surface area contributed by atoms with Gasteiger partial charge >= 0.3 is 0 Å². The fourth-order valence-electron chi connectivity index (χ4n) is 2.87. The first-order valence-electron chi connectivity index (χ1n) is 8.28. The van der Waals surface area contributed by atoms with Crippen LogP contribution in [0.3, 0.4) is 0 Å². The van der Waals surface area contributed by atoms with Crippen LogP contribution in [-0.4, -0.2) is 35.0 Å². The number of hydrogen-bond donors (Lipinski definition) is 1. The Hall–Kier alpha value is -2.14. The van der Waals surface area contributed by atoms with Crippen LogP contribution in [-0.2, 0) is 6.42 Å². The molecule has 0 unspecified atom stereocenters. The summed E-state index contributed by atoms with van der Waals surface area (Å²) in [6.45, 7) is 3.85. The maximum atomic E-state index is 12.3. The first-order chi connectivity index (χ1) is 11.7. The van der Waals surface area contributed by atoms with Crippen molar-refractivity contribution in [3.05, 3.63) is 52.9 Å². The number of aromatic nitrogens is 2. The Kier molecular flexibility index (Phi) is 5.30. The monoisotopic (exact) mass is 344 g/mol. The van der Waals surface area contributed by atoms with Gasteiger partial charge in [-0.15, -0.1) is 0 Å². The average molecular weight is 345 g/mol. The molecule has 2 aromatic rings. The fourth-order valence-corrected chi connectivity index (χ4v) is 3.00. The largest absolute Gasteiger partial charge is 0.356 e. The molecule has 0 atom stereocenters. The van der Waals surface area contributed by atoms with E-state index in [2.05, 4.69) is 27.1 Å². The molecule has 0 saturated carbocycles. The molecule has 1 saturated heterocycles. The number of anilines is 1. The summed E-state index contributed by atoms with van der Waals surface area (Å²) >= 11 is 5.86. The first kappa shape index (κ1) is 16.7. The molecule has 5 nitrogen and oxygen atoms in total. The van der Waals surface area contributed by atoms with Gasteiger partial charge in [0.05, 0.1) is 0 Å². The molecule has 1 fully saturated rings. The molecule has 2 heterocycles. The van der Waals surface area contributed by atoms with Gasteiger partial charge in [-0.2, -0.15) is 0 Å². The molecule has 126 valence electrons. The zero-order chi connectivity index (χ0) is 16.9. The van der Waals surface area contributed by atoms with Crippen molar-refractivity contribution in [1.82, 2.24) is 15.3 Å². The SMILES string of the molecule is CCc1cc(N2CCC(NC(=O)c3ccc(Cl)cc3)CC2)ncn1. The number of rotatable bonds is 4. The molecular formula is C18H21ClN4O. The number of hydrogen-bond acceptors (Lipinski definition) is 4. The minimum absolute atomic E-state index is 0.0413. The highest BCUT2D eigenvalue weighted by atomic mass is 35.5. The summed E-state index contributed by atoms with van der Waals surface area (Å²) in [5.41, 5.74) is 1.70. The third kappa shape index (κ3) is 4.03. The maximum Gasteiger partial charge on any atom is 0.251 e. The van der Waals surface area contributed by atoms with Crippen molar-refractivity contribution in [3.63, 3.8) is 0 Å². The molecule has 0 radical (unpaired) electrons. The summed E-state index contributed by atoms with van der Waals surface area (Å²) in [4.78, 5) is 23.1. The van der Waals surface area contributed by atoms with E-state index >= 15 is 0 Å². The zero-order valence-electron chi connectivity index (χ0n) is 13.7. The van der Waals surface area contributed by atoms with Gasteiger partial charge in [-0.1, -0.05) is 18.5 Å². The number of nitrogens with one attached hydrogen (secondary N) is 1. The summed E-state index contributed by atoms with van der Waals surface area (Å²) in [6, 6.07) is 9.21. The predicted octanol–water partition coefficient (Wildman–Crippen LogP) is 3.09. The second kappa shape index (κ2) is 7.62. The number of piperidine rings is 1. The maximum absolute atomic E-state index is 12.3. The number of benzene rings is 1. The summed E-state index contributed by atoms with van der Waals surface area (Å²) < 4.78 is 0. The van der Waals surface area contributed by atoms with E-state index < -0.39 is 0 Å². The Morgan fingerprint density at radius 2 is 1.96 bits per heavy atom. The van der Waals surface area contributed by atoms with Crippen molar-refractivity contribution >= 4 is 23.3 Å². The van der Waals surface area contributed by atoms with E-state index in [4.69, 9.17) is 11.6 Å². The van der Waals surface area contributed by atoms with Crippen LogP contribution in [0.1, 0.15) is 35.8 Å². The molecule has 0 spiro atoms. The van der Waals surface area contributed by atoms with Crippen molar-refractivity contribution in [2.24, 2.45) is 0 Å². The number of carbonyl (C=O) groups is 1. The Labute approximate surface area is 147 Å². The van der Waals surface area contributed by atoms with Crippen LogP contribution < -0.4 is 10.2 Å². The van der Waals surface area contributed by atoms with Gasteiger partial charge in [0.2, 0.25) is 0 Å². The minimum Gasteiger partial charge on any atom is -0.356 e. The van der Waals surface area contributed by atoms with Gasteiger partial charge in [0.25, 0.3) is 5.91 Å². The predicted molar refractivity (Wildman–Crippen MR) is 95.6 cm³/mol. The second-order valence-electron chi connectivity index (χ2n) is 5.96. The second-order valence-corrected chi connectivity index (χ2v) is 6.40. The normalized spacial score (nSPS) is 15.3. The highest BCUT2D eigenvalue weighted by Crippen LogP contribution is 2.19. The first-order valence-corrected chi connectivity index (χ1v) is 8.66. The van der Waals surface area contributed by atoms with Crippen molar-refractivity contribution in [2.75, 3.05) is 18.0 Å². The standard InChI is InChI=1S/C18H21ClN4O/c1-2-15-11-17(21-12-20-15)23-9-7-16(8-10-23)22-18(24)13-3-5-14(19)6-4-13/h3-6,11-12,16H,2,7-10H2,1H3,(H,22,24). The molecule has 6 heteroatoms. The lowest BCUT2D eigenvalue weighted by Crippen LogP contribution is -2.45. The highest BCUT2D eigenvalue weighted by molar-refractivity contribution is 6.30. The van der Waals surface area contributed by atoms with Gasteiger partial charge in [0.1, 0.15) is 12.1 Å². The van der Waals surface area contributed by atoms with Gasteiger partial charge in [-0.05, 0) is 43.5 Å². The smallest absolute Gasteiger partial charge is 0.251 e. The summed E-state index contributed by atoms with van der Waals surface area (Å²) in [5.74, 6) is 0.935. The van der Waals surface area contributed by atoms with Crippen LogP contribution in [0.25, 0.3) is 0 Å². The molecule has 0 bridgehead atoms. The van der Waals surface area contributed by atoms with Crippen LogP contribution >= 0.6 is 11.6 Å². The average Bonchev–Trinajstić information content (AvgIpc) is 2.63. The van der Waals surface area contributed by atoms with Crippen LogP contribution in [0.2, 0.25) is 5.02 Å². The molecule has 1 aliphatic heterocycles. The van der Waals surface area contributed by atoms with E-state index in [-0.39, 0.29) is 11.9 Å². The number of halogens is 1. The van der Waals surface area contributed by atoms with Gasteiger partial charge in [0.15, 0.2) is 0 Å². The third-order valence-corrected chi connectivity index (χ3v) is 4.58. The lowest BCUT2D eigenvalue weighted by Gasteiger charge is -2.33. The summed E-state index contributed by atoms with van der Waals surface area (Å²) in [6.07, 6.45) is 4.35. The number of amides is 1. The van der Waals surface area contributed by atoms with Gasteiger partial charge < -0.3 is 10.2 Å². The van der Waals surface area contributed by atoms with Crippen molar-refractivity contribution in [3.8, 4) is 0 Å². The number of aryl methyl sites for hydroxylation is 1. The molecular weight excluding hydrogens is 324 g/mol. The summed E-state index contributed by atoms with van der Waals surface area (Å²) in [5, 5.41) is 3.74. The van der Waals surface area contributed by atoms with E-state index in [0.29, 0.717) is 10.6 Å². The van der Waals surface area contributed by atoms with E-state index in [1.54, 1.807) is 30.6 Å². The summed E-state index contributed by atoms with van der Waals surface area (Å²) in [7, 11) is 0. The molecule has 1 N–H and O–H groups in total. The Balaban J connectivity index is 1.55.